The van der Waals surface area contributed by atoms with Crippen molar-refractivity contribution in [2.45, 2.75) is 13.8 Å². The average Bonchev–Trinajstić information content (AvgIpc) is 2.42. The Labute approximate surface area is 141 Å². The van der Waals surface area contributed by atoms with Gasteiger partial charge >= 0.3 is 0 Å². The second-order valence-corrected chi connectivity index (χ2v) is 4.00. The predicted octanol–water partition coefficient (Wildman–Crippen LogP) is 0.525. The topological polar surface area (TPSA) is 154 Å². The first-order valence-corrected chi connectivity index (χ1v) is 5.77. The van der Waals surface area contributed by atoms with Gasteiger partial charge in [-0.3, -0.25) is 0 Å². The van der Waals surface area contributed by atoms with E-state index in [0.717, 1.165) is 11.1 Å². The molecular weight excluding hydrogens is 327 g/mol. The third kappa shape index (κ3) is 7.46. The molecule has 0 amide bonds. The molecule has 122 valence electrons. The zero-order valence-corrected chi connectivity index (χ0v) is 13.9. The summed E-state index contributed by atoms with van der Waals surface area (Å²) in [5.74, 6) is -0.183. The molecule has 10 heteroatoms. The number of hydrogen-bond donors (Lipinski definition) is 4. The van der Waals surface area contributed by atoms with Gasteiger partial charge in [-0.05, 0) is 31.0 Å². The smallest absolute Gasteiger partial charge is 0.211 e. The standard InChI is InChI=1S/C12H18N8.2ClH/c1-7(17-19-11(13)14)9-4-3-5-10(6-9)8(2)18-20-12(15)16;;/h3-6H,1-2H3,(H4,13,14,19)(H4,15,16,20);2*1H/b17-7+,18-8+;;. The van der Waals surface area contributed by atoms with Crippen LogP contribution in [0.25, 0.3) is 0 Å². The summed E-state index contributed by atoms with van der Waals surface area (Å²) in [6.45, 7) is 3.60. The number of hydrogen-bond acceptors (Lipinski definition) is 4. The molecule has 0 aliphatic carbocycles. The van der Waals surface area contributed by atoms with E-state index in [0.29, 0.717) is 11.4 Å². The minimum atomic E-state index is -0.0917. The van der Waals surface area contributed by atoms with Crippen molar-refractivity contribution >= 4 is 48.2 Å². The van der Waals surface area contributed by atoms with Crippen LogP contribution in [0.2, 0.25) is 0 Å². The highest BCUT2D eigenvalue weighted by Crippen LogP contribution is 2.08. The zero-order valence-electron chi connectivity index (χ0n) is 12.2. The summed E-state index contributed by atoms with van der Waals surface area (Å²) in [7, 11) is 0. The lowest BCUT2D eigenvalue weighted by Crippen LogP contribution is -2.22. The van der Waals surface area contributed by atoms with Gasteiger partial charge in [0.1, 0.15) is 0 Å². The Morgan fingerprint density at radius 2 is 1.09 bits per heavy atom. The second-order valence-electron chi connectivity index (χ2n) is 4.00. The van der Waals surface area contributed by atoms with Crippen molar-refractivity contribution in [3.8, 4) is 0 Å². The van der Waals surface area contributed by atoms with E-state index in [4.69, 9.17) is 22.9 Å². The summed E-state index contributed by atoms with van der Waals surface area (Å²) >= 11 is 0. The van der Waals surface area contributed by atoms with Crippen LogP contribution in [0.3, 0.4) is 0 Å². The first-order chi connectivity index (χ1) is 9.40. The van der Waals surface area contributed by atoms with Crippen molar-refractivity contribution < 1.29 is 0 Å². The number of nitrogens with zero attached hydrogens (tertiary/aromatic N) is 4. The van der Waals surface area contributed by atoms with Crippen molar-refractivity contribution in [3.05, 3.63) is 35.4 Å². The van der Waals surface area contributed by atoms with Crippen LogP contribution in [0.1, 0.15) is 25.0 Å². The average molecular weight is 347 g/mol. The van der Waals surface area contributed by atoms with Gasteiger partial charge in [-0.15, -0.1) is 35.0 Å². The Balaban J connectivity index is 0. The van der Waals surface area contributed by atoms with Gasteiger partial charge in [0.05, 0.1) is 11.4 Å². The fraction of sp³-hybridized carbons (Fsp3) is 0.167. The Morgan fingerprint density at radius 1 is 0.727 bits per heavy atom. The van der Waals surface area contributed by atoms with Gasteiger partial charge in [0.15, 0.2) is 0 Å². The van der Waals surface area contributed by atoms with E-state index in [2.05, 4.69) is 20.4 Å². The van der Waals surface area contributed by atoms with Crippen LogP contribution >= 0.6 is 24.8 Å². The normalized spacial score (nSPS) is 10.8. The lowest BCUT2D eigenvalue weighted by atomic mass is 10.1. The van der Waals surface area contributed by atoms with Gasteiger partial charge in [-0.2, -0.15) is 10.2 Å². The van der Waals surface area contributed by atoms with E-state index in [1.165, 1.54) is 0 Å². The molecule has 8 nitrogen and oxygen atoms in total. The monoisotopic (exact) mass is 346 g/mol. The highest BCUT2D eigenvalue weighted by molar-refractivity contribution is 6.04. The number of halogens is 2. The molecule has 0 aliphatic heterocycles. The maximum absolute atomic E-state index is 5.23. The van der Waals surface area contributed by atoms with E-state index in [-0.39, 0.29) is 36.7 Å². The Hall–Kier alpha value is -2.32. The molecule has 0 saturated carbocycles. The number of nitrogens with two attached hydrogens (primary N) is 4. The molecule has 0 bridgehead atoms. The van der Waals surface area contributed by atoms with Gasteiger partial charge in [0.2, 0.25) is 11.9 Å². The van der Waals surface area contributed by atoms with Gasteiger partial charge < -0.3 is 22.9 Å². The summed E-state index contributed by atoms with van der Waals surface area (Å²) in [6.07, 6.45) is 0. The SMILES string of the molecule is C/C(=N\N=C(N)N)c1cccc(/C(C)=N/N=C(N)N)c1.Cl.Cl. The first kappa shape index (κ1) is 22.0. The van der Waals surface area contributed by atoms with Crippen LogP contribution in [0.15, 0.2) is 44.7 Å². The molecule has 0 unspecified atom stereocenters. The summed E-state index contributed by atoms with van der Waals surface area (Å²) in [6, 6.07) is 7.53. The minimum Gasteiger partial charge on any atom is -0.369 e. The van der Waals surface area contributed by atoms with Crippen molar-refractivity contribution in [2.75, 3.05) is 0 Å². The molecule has 0 aliphatic rings. The predicted molar refractivity (Wildman–Crippen MR) is 97.0 cm³/mol. The summed E-state index contributed by atoms with van der Waals surface area (Å²) in [5.41, 5.74) is 24.0. The molecule has 1 aromatic carbocycles. The Morgan fingerprint density at radius 3 is 1.41 bits per heavy atom. The van der Waals surface area contributed by atoms with E-state index in [1.807, 2.05) is 24.3 Å². The molecule has 0 heterocycles. The third-order valence-corrected chi connectivity index (χ3v) is 2.33. The van der Waals surface area contributed by atoms with E-state index < -0.39 is 0 Å². The van der Waals surface area contributed by atoms with E-state index in [1.54, 1.807) is 13.8 Å². The number of rotatable bonds is 4. The number of guanidine groups is 2. The van der Waals surface area contributed by atoms with Crippen LogP contribution in [0.5, 0.6) is 0 Å². The summed E-state index contributed by atoms with van der Waals surface area (Å²) < 4.78 is 0. The quantitative estimate of drug-likeness (QED) is 0.356. The molecule has 1 aromatic rings. The molecule has 0 spiro atoms. The van der Waals surface area contributed by atoms with E-state index in [9.17, 15) is 0 Å². The highest BCUT2D eigenvalue weighted by atomic mass is 35.5. The van der Waals surface area contributed by atoms with Crippen LogP contribution in [-0.4, -0.2) is 23.3 Å². The molecule has 22 heavy (non-hydrogen) atoms. The zero-order chi connectivity index (χ0) is 15.1. The van der Waals surface area contributed by atoms with Crippen molar-refractivity contribution in [2.24, 2.45) is 43.3 Å². The molecule has 0 atom stereocenters. The third-order valence-electron chi connectivity index (χ3n) is 2.33. The van der Waals surface area contributed by atoms with Crippen LogP contribution in [0.4, 0.5) is 0 Å². The van der Waals surface area contributed by atoms with Crippen molar-refractivity contribution in [1.29, 1.82) is 0 Å². The fourth-order valence-corrected chi connectivity index (χ4v) is 1.35. The largest absolute Gasteiger partial charge is 0.369 e. The van der Waals surface area contributed by atoms with Gasteiger partial charge in [-0.25, -0.2) is 0 Å². The van der Waals surface area contributed by atoms with Crippen LogP contribution < -0.4 is 22.9 Å². The van der Waals surface area contributed by atoms with Crippen LogP contribution in [0, 0.1) is 0 Å². The van der Waals surface area contributed by atoms with Gasteiger partial charge in [0, 0.05) is 0 Å². The molecule has 0 fully saturated rings. The van der Waals surface area contributed by atoms with Crippen LogP contribution in [-0.2, 0) is 0 Å². The van der Waals surface area contributed by atoms with E-state index >= 15 is 0 Å². The molecule has 0 saturated heterocycles. The lowest BCUT2D eigenvalue weighted by molar-refractivity contribution is 1.19. The van der Waals surface area contributed by atoms with Gasteiger partial charge in [-0.1, -0.05) is 18.2 Å². The highest BCUT2D eigenvalue weighted by Gasteiger charge is 2.02. The maximum Gasteiger partial charge on any atom is 0.211 e. The summed E-state index contributed by atoms with van der Waals surface area (Å²) in [5, 5.41) is 15.1. The Bertz CT molecular complexity index is 550. The Kier molecular flexibility index (Phi) is 10.4. The maximum atomic E-state index is 5.23. The fourth-order valence-electron chi connectivity index (χ4n) is 1.35. The van der Waals surface area contributed by atoms with Crippen molar-refractivity contribution in [1.82, 2.24) is 0 Å². The molecule has 1 rings (SSSR count). The van der Waals surface area contributed by atoms with Gasteiger partial charge in [0.25, 0.3) is 0 Å². The second kappa shape index (κ2) is 10.4. The molecule has 0 aromatic heterocycles. The molecule has 8 N–H and O–H groups in total. The first-order valence-electron chi connectivity index (χ1n) is 5.77. The lowest BCUT2D eigenvalue weighted by Gasteiger charge is -2.03. The number of benzene rings is 1. The molecule has 0 radical (unpaired) electrons. The molecular formula is C12H20Cl2N8. The minimum absolute atomic E-state index is 0. The van der Waals surface area contributed by atoms with Crippen molar-refractivity contribution in [3.63, 3.8) is 0 Å². The summed E-state index contributed by atoms with van der Waals surface area (Å²) in [4.78, 5) is 0.